The minimum atomic E-state index is -0.358. The average molecular weight is 305 g/mol. The summed E-state index contributed by atoms with van der Waals surface area (Å²) in [6.45, 7) is 3.99. The van der Waals surface area contributed by atoms with E-state index in [9.17, 15) is 4.79 Å². The normalized spacial score (nSPS) is 10.5. The van der Waals surface area contributed by atoms with E-state index in [1.54, 1.807) is 0 Å². The number of terminal acetylenes is 1. The van der Waals surface area contributed by atoms with Gasteiger partial charge in [-0.25, -0.2) is 9.97 Å². The molecule has 3 aromatic rings. The van der Waals surface area contributed by atoms with Gasteiger partial charge in [-0.2, -0.15) is 0 Å². The van der Waals surface area contributed by atoms with Crippen molar-refractivity contribution in [2.24, 2.45) is 0 Å². The van der Waals surface area contributed by atoms with Crippen LogP contribution in [0.5, 0.6) is 0 Å². The van der Waals surface area contributed by atoms with E-state index < -0.39 is 0 Å². The first-order valence-corrected chi connectivity index (χ1v) is 7.10. The number of rotatable bonds is 3. The second-order valence-electron chi connectivity index (χ2n) is 5.18. The summed E-state index contributed by atoms with van der Waals surface area (Å²) >= 11 is 0. The van der Waals surface area contributed by atoms with E-state index in [1.165, 1.54) is 6.20 Å². The van der Waals surface area contributed by atoms with Crippen LogP contribution in [0.2, 0.25) is 0 Å². The fourth-order valence-electron chi connectivity index (χ4n) is 2.24. The van der Waals surface area contributed by atoms with Crippen LogP contribution in [0, 0.1) is 26.2 Å². The lowest BCUT2D eigenvalue weighted by molar-refractivity contribution is 0.0953. The predicted molar refractivity (Wildman–Crippen MR) is 87.8 cm³/mol. The molecule has 2 heterocycles. The minimum Gasteiger partial charge on any atom is -0.340 e. The third-order valence-electron chi connectivity index (χ3n) is 3.40. The van der Waals surface area contributed by atoms with Gasteiger partial charge < -0.3 is 10.3 Å². The van der Waals surface area contributed by atoms with E-state index in [1.807, 2.05) is 32.0 Å². The van der Waals surface area contributed by atoms with Gasteiger partial charge in [-0.1, -0.05) is 12.0 Å². The second kappa shape index (κ2) is 5.89. The van der Waals surface area contributed by atoms with Crippen molar-refractivity contribution in [3.63, 3.8) is 0 Å². The maximum Gasteiger partial charge on any atom is 0.272 e. The third-order valence-corrected chi connectivity index (χ3v) is 3.40. The molecule has 0 atom stereocenters. The zero-order valence-corrected chi connectivity index (χ0v) is 12.8. The molecule has 0 aliphatic carbocycles. The van der Waals surface area contributed by atoms with Gasteiger partial charge in [-0.15, -0.1) is 6.42 Å². The lowest BCUT2D eigenvalue weighted by Crippen LogP contribution is -2.25. The molecule has 6 heteroatoms. The molecule has 2 aromatic heterocycles. The Bertz CT molecular complexity index is 936. The highest BCUT2D eigenvalue weighted by atomic mass is 16.1. The second-order valence-corrected chi connectivity index (χ2v) is 5.18. The molecule has 2 N–H and O–H groups in total. The molecule has 0 aliphatic heterocycles. The first-order chi connectivity index (χ1) is 11.1. The lowest BCUT2D eigenvalue weighted by atomic mass is 10.2. The maximum atomic E-state index is 12.0. The van der Waals surface area contributed by atoms with E-state index in [2.05, 4.69) is 31.2 Å². The van der Waals surface area contributed by atoms with E-state index >= 15 is 0 Å². The van der Waals surface area contributed by atoms with Crippen LogP contribution in [0.25, 0.3) is 22.6 Å². The predicted octanol–water partition coefficient (Wildman–Crippen LogP) is 2.00. The maximum absolute atomic E-state index is 12.0. The number of carbonyl (C=O) groups is 1. The third kappa shape index (κ3) is 2.90. The van der Waals surface area contributed by atoms with Gasteiger partial charge in [-0.05, 0) is 31.5 Å². The number of hydrogen-bond donors (Lipinski definition) is 2. The van der Waals surface area contributed by atoms with Gasteiger partial charge in [0.2, 0.25) is 0 Å². The Morgan fingerprint density at radius 2 is 2.17 bits per heavy atom. The van der Waals surface area contributed by atoms with Crippen LogP contribution in [0.4, 0.5) is 0 Å². The van der Waals surface area contributed by atoms with Crippen LogP contribution in [-0.4, -0.2) is 32.4 Å². The van der Waals surface area contributed by atoms with Crippen molar-refractivity contribution in [2.45, 2.75) is 13.8 Å². The van der Waals surface area contributed by atoms with Crippen molar-refractivity contribution in [2.75, 3.05) is 6.54 Å². The summed E-state index contributed by atoms with van der Waals surface area (Å²) in [7, 11) is 0. The Balaban J connectivity index is 2.03. The molecule has 3 rings (SSSR count). The Kier molecular flexibility index (Phi) is 3.77. The van der Waals surface area contributed by atoms with Gasteiger partial charge in [0.15, 0.2) is 5.82 Å². The summed E-state index contributed by atoms with van der Waals surface area (Å²) in [6.07, 6.45) is 6.57. The number of fused-ring (bicyclic) bond motifs is 1. The Hall–Kier alpha value is -3.20. The fourth-order valence-corrected chi connectivity index (χ4v) is 2.24. The van der Waals surface area contributed by atoms with Crippen molar-refractivity contribution in [1.82, 2.24) is 25.3 Å². The van der Waals surface area contributed by atoms with Crippen molar-refractivity contribution in [1.29, 1.82) is 0 Å². The Morgan fingerprint density at radius 1 is 1.35 bits per heavy atom. The van der Waals surface area contributed by atoms with Gasteiger partial charge in [-0.3, -0.25) is 9.78 Å². The number of nitrogens with one attached hydrogen (secondary N) is 2. The molecule has 23 heavy (non-hydrogen) atoms. The standard InChI is InChI=1S/C17H15N5O/c1-4-7-18-17(23)14-9-19-11(3)15(20-14)16-21-12-6-5-10(2)8-13(12)22-16/h1,5-6,8-9H,7H2,2-3H3,(H,18,23)(H,21,22). The van der Waals surface area contributed by atoms with Crippen LogP contribution < -0.4 is 5.32 Å². The lowest BCUT2D eigenvalue weighted by Gasteiger charge is -2.05. The van der Waals surface area contributed by atoms with Crippen molar-refractivity contribution in [3.8, 4) is 23.9 Å². The van der Waals surface area contributed by atoms with Gasteiger partial charge >= 0.3 is 0 Å². The summed E-state index contributed by atoms with van der Waals surface area (Å²) in [4.78, 5) is 28.3. The van der Waals surface area contributed by atoms with Crippen LogP contribution in [-0.2, 0) is 0 Å². The molecule has 0 spiro atoms. The van der Waals surface area contributed by atoms with Crippen molar-refractivity contribution in [3.05, 3.63) is 41.3 Å². The number of carbonyl (C=O) groups excluding carboxylic acids is 1. The zero-order valence-electron chi connectivity index (χ0n) is 12.8. The number of aromatic nitrogens is 4. The van der Waals surface area contributed by atoms with Crippen molar-refractivity contribution < 1.29 is 4.79 Å². The molecule has 1 amide bonds. The highest BCUT2D eigenvalue weighted by Crippen LogP contribution is 2.21. The SMILES string of the molecule is C#CCNC(=O)c1cnc(C)c(-c2nc3ccc(C)cc3[nH]2)n1. The highest BCUT2D eigenvalue weighted by molar-refractivity contribution is 5.92. The summed E-state index contributed by atoms with van der Waals surface area (Å²) in [6, 6.07) is 5.95. The molecule has 0 unspecified atom stereocenters. The number of benzene rings is 1. The van der Waals surface area contributed by atoms with E-state index in [-0.39, 0.29) is 18.1 Å². The summed E-state index contributed by atoms with van der Waals surface area (Å²) in [5.41, 5.74) is 4.34. The number of nitrogens with zero attached hydrogens (tertiary/aromatic N) is 3. The van der Waals surface area contributed by atoms with Crippen molar-refractivity contribution >= 4 is 16.9 Å². The number of H-pyrrole nitrogens is 1. The molecule has 114 valence electrons. The van der Waals surface area contributed by atoms with Gasteiger partial charge in [0.1, 0.15) is 11.4 Å². The first kappa shape index (κ1) is 14.7. The quantitative estimate of drug-likeness (QED) is 0.725. The number of aromatic amines is 1. The summed E-state index contributed by atoms with van der Waals surface area (Å²) in [5.74, 6) is 2.58. The van der Waals surface area contributed by atoms with E-state index in [4.69, 9.17) is 6.42 Å². The Morgan fingerprint density at radius 3 is 2.96 bits per heavy atom. The molecular weight excluding hydrogens is 290 g/mol. The average Bonchev–Trinajstić information content (AvgIpc) is 2.95. The zero-order chi connectivity index (χ0) is 16.4. The molecule has 0 saturated heterocycles. The van der Waals surface area contributed by atoms with Gasteiger partial charge in [0.25, 0.3) is 5.91 Å². The van der Waals surface area contributed by atoms with Gasteiger partial charge in [0.05, 0.1) is 29.5 Å². The topological polar surface area (TPSA) is 83.6 Å². The summed E-state index contributed by atoms with van der Waals surface area (Å²) in [5, 5.41) is 2.57. The van der Waals surface area contributed by atoms with Crippen LogP contribution in [0.3, 0.4) is 0 Å². The summed E-state index contributed by atoms with van der Waals surface area (Å²) < 4.78 is 0. The molecule has 0 bridgehead atoms. The Labute approximate surface area is 133 Å². The number of amides is 1. The first-order valence-electron chi connectivity index (χ1n) is 7.10. The smallest absolute Gasteiger partial charge is 0.272 e. The monoisotopic (exact) mass is 305 g/mol. The molecule has 0 fully saturated rings. The van der Waals surface area contributed by atoms with Gasteiger partial charge in [0, 0.05) is 0 Å². The van der Waals surface area contributed by atoms with Crippen LogP contribution in [0.1, 0.15) is 21.7 Å². The number of hydrogen-bond acceptors (Lipinski definition) is 4. The van der Waals surface area contributed by atoms with E-state index in [0.717, 1.165) is 16.6 Å². The largest absolute Gasteiger partial charge is 0.340 e. The molecule has 1 aromatic carbocycles. The number of imidazole rings is 1. The highest BCUT2D eigenvalue weighted by Gasteiger charge is 2.14. The fraction of sp³-hybridized carbons (Fsp3) is 0.176. The molecule has 0 aliphatic rings. The van der Waals surface area contributed by atoms with Crippen LogP contribution in [0.15, 0.2) is 24.4 Å². The minimum absolute atomic E-state index is 0.146. The molecule has 6 nitrogen and oxygen atoms in total. The number of aryl methyl sites for hydroxylation is 2. The molecule has 0 radical (unpaired) electrons. The molecular formula is C17H15N5O. The van der Waals surface area contributed by atoms with E-state index in [0.29, 0.717) is 17.2 Å². The molecule has 0 saturated carbocycles. The van der Waals surface area contributed by atoms with Crippen LogP contribution >= 0.6 is 0 Å².